The third-order valence-electron chi connectivity index (χ3n) is 2.43. The first kappa shape index (κ1) is 13.7. The van der Waals surface area contributed by atoms with Crippen LogP contribution in [-0.2, 0) is 16.0 Å². The van der Waals surface area contributed by atoms with Gasteiger partial charge in [0.2, 0.25) is 5.91 Å². The van der Waals surface area contributed by atoms with Crippen molar-refractivity contribution in [2.45, 2.75) is 18.9 Å². The Morgan fingerprint density at radius 1 is 1.65 bits per heavy atom. The van der Waals surface area contributed by atoms with Gasteiger partial charge in [0.25, 0.3) is 0 Å². The van der Waals surface area contributed by atoms with Gasteiger partial charge in [-0.1, -0.05) is 0 Å². The topological polar surface area (TPSA) is 62.9 Å². The highest BCUT2D eigenvalue weighted by Gasteiger charge is 2.13. The third-order valence-corrected chi connectivity index (χ3v) is 2.43. The smallest absolute Gasteiger partial charge is 0.222 e. The van der Waals surface area contributed by atoms with Crippen LogP contribution >= 0.6 is 0 Å². The summed E-state index contributed by atoms with van der Waals surface area (Å²) in [5.74, 6) is 0.778. The molecule has 5 nitrogen and oxygen atoms in total. The van der Waals surface area contributed by atoms with Crippen molar-refractivity contribution in [3.05, 3.63) is 24.2 Å². The zero-order valence-electron chi connectivity index (χ0n) is 10.3. The molecule has 1 aromatic rings. The van der Waals surface area contributed by atoms with E-state index < -0.39 is 6.10 Å². The molecule has 1 amide bonds. The first-order valence-corrected chi connectivity index (χ1v) is 5.57. The number of rotatable bonds is 7. The van der Waals surface area contributed by atoms with Crippen LogP contribution < -0.4 is 0 Å². The number of carbonyl (C=O) groups excluding carboxylic acids is 1. The van der Waals surface area contributed by atoms with Crippen LogP contribution in [0.4, 0.5) is 0 Å². The molecule has 1 N–H and O–H groups in total. The molecule has 0 spiro atoms. The zero-order chi connectivity index (χ0) is 12.7. The fourth-order valence-corrected chi connectivity index (χ4v) is 1.54. The van der Waals surface area contributed by atoms with Crippen LogP contribution in [-0.4, -0.2) is 49.3 Å². The first-order valence-electron chi connectivity index (χ1n) is 5.57. The predicted octanol–water partition coefficient (Wildman–Crippen LogP) is 0.678. The Morgan fingerprint density at radius 3 is 3.00 bits per heavy atom. The number of aliphatic hydroxyl groups is 1. The molecule has 1 heterocycles. The second kappa shape index (κ2) is 7.09. The maximum absolute atomic E-state index is 11.7. The van der Waals surface area contributed by atoms with Crippen molar-refractivity contribution in [1.82, 2.24) is 4.90 Å². The Hall–Kier alpha value is -1.33. The monoisotopic (exact) mass is 241 g/mol. The Labute approximate surface area is 101 Å². The molecule has 1 atom stereocenters. The molecule has 96 valence electrons. The summed E-state index contributed by atoms with van der Waals surface area (Å²) in [6.45, 7) is 0.515. The first-order chi connectivity index (χ1) is 8.13. The average molecular weight is 241 g/mol. The lowest BCUT2D eigenvalue weighted by atomic mass is 10.2. The Balaban J connectivity index is 2.27. The third kappa shape index (κ3) is 5.01. The summed E-state index contributed by atoms with van der Waals surface area (Å²) >= 11 is 0. The van der Waals surface area contributed by atoms with Gasteiger partial charge in [-0.25, -0.2) is 0 Å². The molecule has 0 saturated heterocycles. The van der Waals surface area contributed by atoms with E-state index in [4.69, 9.17) is 9.15 Å². The van der Waals surface area contributed by atoms with E-state index in [0.29, 0.717) is 12.8 Å². The molecule has 5 heteroatoms. The maximum Gasteiger partial charge on any atom is 0.222 e. The van der Waals surface area contributed by atoms with Crippen LogP contribution in [0.2, 0.25) is 0 Å². The lowest BCUT2D eigenvalue weighted by Crippen LogP contribution is -2.36. The highest BCUT2D eigenvalue weighted by molar-refractivity contribution is 5.76. The van der Waals surface area contributed by atoms with Crippen molar-refractivity contribution in [1.29, 1.82) is 0 Å². The predicted molar refractivity (Wildman–Crippen MR) is 62.5 cm³/mol. The van der Waals surface area contributed by atoms with Crippen LogP contribution in [0, 0.1) is 0 Å². The summed E-state index contributed by atoms with van der Waals surface area (Å²) in [4.78, 5) is 13.2. The fraction of sp³-hybridized carbons (Fsp3) is 0.583. The molecule has 0 aliphatic rings. The van der Waals surface area contributed by atoms with E-state index in [1.807, 2.05) is 6.07 Å². The number of nitrogens with zero attached hydrogens (tertiary/aromatic N) is 1. The summed E-state index contributed by atoms with van der Waals surface area (Å²) in [5, 5.41) is 9.48. The van der Waals surface area contributed by atoms with Gasteiger partial charge in [-0.05, 0) is 12.1 Å². The standard InChI is InChI=1S/C12H19NO4/c1-13(8-10(14)9-16-2)12(15)6-5-11-4-3-7-17-11/h3-4,7,10,14H,5-6,8-9H2,1-2H3. The van der Waals surface area contributed by atoms with Crippen molar-refractivity contribution in [2.24, 2.45) is 0 Å². The SMILES string of the molecule is COCC(O)CN(C)C(=O)CCc1ccco1. The van der Waals surface area contributed by atoms with Crippen LogP contribution in [0.15, 0.2) is 22.8 Å². The van der Waals surface area contributed by atoms with Gasteiger partial charge in [-0.3, -0.25) is 4.79 Å². The number of methoxy groups -OCH3 is 1. The van der Waals surface area contributed by atoms with E-state index in [0.717, 1.165) is 5.76 Å². The van der Waals surface area contributed by atoms with Gasteiger partial charge in [-0.2, -0.15) is 0 Å². The second-order valence-electron chi connectivity index (χ2n) is 3.96. The van der Waals surface area contributed by atoms with Gasteiger partial charge >= 0.3 is 0 Å². The Bertz CT molecular complexity index is 323. The van der Waals surface area contributed by atoms with Gasteiger partial charge in [0.15, 0.2) is 0 Å². The van der Waals surface area contributed by atoms with Gasteiger partial charge in [0.1, 0.15) is 5.76 Å². The number of carbonyl (C=O) groups is 1. The number of amides is 1. The molecule has 17 heavy (non-hydrogen) atoms. The number of furan rings is 1. The molecule has 1 rings (SSSR count). The Kier molecular flexibility index (Phi) is 5.72. The number of aryl methyl sites for hydroxylation is 1. The summed E-state index contributed by atoms with van der Waals surface area (Å²) in [6.07, 6.45) is 1.91. The van der Waals surface area contributed by atoms with E-state index in [-0.39, 0.29) is 19.1 Å². The zero-order valence-corrected chi connectivity index (χ0v) is 10.3. The highest BCUT2D eigenvalue weighted by Crippen LogP contribution is 2.05. The maximum atomic E-state index is 11.7. The molecule has 0 fully saturated rings. The molecule has 0 aliphatic heterocycles. The summed E-state index contributed by atoms with van der Waals surface area (Å²) < 4.78 is 9.94. The largest absolute Gasteiger partial charge is 0.469 e. The lowest BCUT2D eigenvalue weighted by Gasteiger charge is -2.20. The lowest BCUT2D eigenvalue weighted by molar-refractivity contribution is -0.131. The van der Waals surface area contributed by atoms with Crippen LogP contribution in [0.1, 0.15) is 12.2 Å². The van der Waals surface area contributed by atoms with E-state index >= 15 is 0 Å². The Morgan fingerprint density at radius 2 is 2.41 bits per heavy atom. The molecule has 1 aromatic heterocycles. The van der Waals surface area contributed by atoms with Crippen LogP contribution in [0.5, 0.6) is 0 Å². The van der Waals surface area contributed by atoms with Crippen molar-refractivity contribution >= 4 is 5.91 Å². The summed E-state index contributed by atoms with van der Waals surface area (Å²) in [7, 11) is 3.19. The minimum absolute atomic E-state index is 0.0171. The van der Waals surface area contributed by atoms with Crippen molar-refractivity contribution in [3.63, 3.8) is 0 Å². The number of aliphatic hydroxyl groups excluding tert-OH is 1. The van der Waals surface area contributed by atoms with Gasteiger partial charge in [-0.15, -0.1) is 0 Å². The number of likely N-dealkylation sites (N-methyl/N-ethyl adjacent to an activating group) is 1. The van der Waals surface area contributed by atoms with E-state index in [1.54, 1.807) is 19.4 Å². The molecular weight excluding hydrogens is 222 g/mol. The molecule has 0 saturated carbocycles. The van der Waals surface area contributed by atoms with Crippen LogP contribution in [0.3, 0.4) is 0 Å². The summed E-state index contributed by atoms with van der Waals surface area (Å²) in [5.41, 5.74) is 0. The fourth-order valence-electron chi connectivity index (χ4n) is 1.54. The quantitative estimate of drug-likeness (QED) is 0.762. The molecule has 0 aliphatic carbocycles. The van der Waals surface area contributed by atoms with Gasteiger partial charge in [0, 0.05) is 33.5 Å². The van der Waals surface area contributed by atoms with E-state index in [1.165, 1.54) is 12.0 Å². The molecule has 0 radical (unpaired) electrons. The molecule has 0 bridgehead atoms. The molecule has 1 unspecified atom stereocenters. The van der Waals surface area contributed by atoms with E-state index in [9.17, 15) is 9.90 Å². The molecule has 0 aromatic carbocycles. The average Bonchev–Trinajstić information content (AvgIpc) is 2.78. The highest BCUT2D eigenvalue weighted by atomic mass is 16.5. The number of hydrogen-bond donors (Lipinski definition) is 1. The number of hydrogen-bond acceptors (Lipinski definition) is 4. The second-order valence-corrected chi connectivity index (χ2v) is 3.96. The van der Waals surface area contributed by atoms with Crippen molar-refractivity contribution in [3.8, 4) is 0 Å². The van der Waals surface area contributed by atoms with Gasteiger partial charge in [0.05, 0.1) is 19.0 Å². The van der Waals surface area contributed by atoms with Crippen LogP contribution in [0.25, 0.3) is 0 Å². The van der Waals surface area contributed by atoms with Crippen molar-refractivity contribution in [2.75, 3.05) is 27.3 Å². The van der Waals surface area contributed by atoms with E-state index in [2.05, 4.69) is 0 Å². The van der Waals surface area contributed by atoms with Gasteiger partial charge < -0.3 is 19.2 Å². The number of ether oxygens (including phenoxy) is 1. The van der Waals surface area contributed by atoms with Crippen molar-refractivity contribution < 1.29 is 19.1 Å². The minimum atomic E-state index is -0.641. The molecular formula is C12H19NO4. The summed E-state index contributed by atoms with van der Waals surface area (Å²) in [6, 6.07) is 3.64. The normalized spacial score (nSPS) is 12.4. The minimum Gasteiger partial charge on any atom is -0.469 e.